The average molecular weight is 611 g/mol. The molecule has 1 amide bonds. The Hall–Kier alpha value is -3.28. The summed E-state index contributed by atoms with van der Waals surface area (Å²) in [6.07, 6.45) is 0. The maximum absolute atomic E-state index is 13.8. The third kappa shape index (κ3) is 6.73. The lowest BCUT2D eigenvalue weighted by Gasteiger charge is -2.26. The van der Waals surface area contributed by atoms with E-state index in [1.807, 2.05) is 24.3 Å². The predicted molar refractivity (Wildman–Crippen MR) is 147 cm³/mol. The molecule has 0 saturated heterocycles. The number of sulfonamides is 1. The predicted octanol–water partition coefficient (Wildman–Crippen LogP) is 4.86. The number of methoxy groups -OCH3 is 3. The van der Waals surface area contributed by atoms with E-state index in [0.717, 1.165) is 14.3 Å². The van der Waals surface area contributed by atoms with Crippen molar-refractivity contribution in [3.05, 3.63) is 75.7 Å². The molecule has 196 valence electrons. The van der Waals surface area contributed by atoms with Gasteiger partial charge in [0.25, 0.3) is 15.9 Å². The molecule has 0 atom stereocenters. The molecule has 0 radical (unpaired) electrons. The van der Waals surface area contributed by atoms with Crippen molar-refractivity contribution >= 4 is 54.9 Å². The highest BCUT2D eigenvalue weighted by Gasteiger charge is 2.30. The second-order valence-electron chi connectivity index (χ2n) is 7.59. The van der Waals surface area contributed by atoms with E-state index in [2.05, 4.69) is 26.5 Å². The Balaban J connectivity index is 2.01. The molecule has 0 aliphatic rings. The summed E-state index contributed by atoms with van der Waals surface area (Å²) in [7, 11) is -0.0857. The van der Waals surface area contributed by atoms with Gasteiger partial charge in [-0.2, -0.15) is 5.10 Å². The number of halogens is 2. The summed E-state index contributed by atoms with van der Waals surface area (Å²) in [6.45, 7) is 1.11. The first-order chi connectivity index (χ1) is 17.6. The summed E-state index contributed by atoms with van der Waals surface area (Å²) in [5.41, 5.74) is 3.81. The van der Waals surface area contributed by atoms with Crippen LogP contribution >= 0.6 is 27.5 Å². The van der Waals surface area contributed by atoms with Crippen molar-refractivity contribution in [1.82, 2.24) is 5.43 Å². The normalized spacial score (nSPS) is 11.6. The number of carbonyl (C=O) groups excluding carboxylic acids is 1. The van der Waals surface area contributed by atoms with Crippen LogP contribution in [0, 0.1) is 0 Å². The highest BCUT2D eigenvalue weighted by molar-refractivity contribution is 9.10. The zero-order valence-electron chi connectivity index (χ0n) is 20.5. The van der Waals surface area contributed by atoms with Crippen molar-refractivity contribution < 1.29 is 27.4 Å². The molecule has 1 N–H and O–H groups in total. The van der Waals surface area contributed by atoms with Crippen molar-refractivity contribution in [3.63, 3.8) is 0 Å². The molecule has 9 nitrogen and oxygen atoms in total. The zero-order valence-corrected chi connectivity index (χ0v) is 23.6. The number of carbonyl (C=O) groups is 1. The number of benzene rings is 3. The smallest absolute Gasteiger partial charge is 0.265 e. The minimum absolute atomic E-state index is 0.0765. The standard InChI is InChI=1S/C25H25BrClN3O6S/c1-16(17-6-5-7-18(26)12-17)28-29-25(31)15-30(21-13-19(27)8-10-22(21)34-2)37(32,33)20-9-11-23(35-3)24(14-20)36-4/h5-14H,15H2,1-4H3,(H,29,31)/b28-16-. The quantitative estimate of drug-likeness (QED) is 0.260. The number of amides is 1. The van der Waals surface area contributed by atoms with Gasteiger partial charge < -0.3 is 14.2 Å². The first kappa shape index (κ1) is 28.3. The second-order valence-corrected chi connectivity index (χ2v) is 10.8. The van der Waals surface area contributed by atoms with Crippen LogP contribution in [-0.2, 0) is 14.8 Å². The first-order valence-corrected chi connectivity index (χ1v) is 13.4. The number of hydrazone groups is 1. The fourth-order valence-corrected chi connectivity index (χ4v) is 5.36. The zero-order chi connectivity index (χ0) is 27.2. The van der Waals surface area contributed by atoms with E-state index in [1.165, 1.54) is 51.7 Å². The van der Waals surface area contributed by atoms with Crippen LogP contribution in [0.3, 0.4) is 0 Å². The van der Waals surface area contributed by atoms with Crippen molar-refractivity contribution in [2.75, 3.05) is 32.2 Å². The molecule has 3 rings (SSSR count). The lowest BCUT2D eigenvalue weighted by atomic mass is 10.1. The molecule has 0 aliphatic carbocycles. The van der Waals surface area contributed by atoms with E-state index in [4.69, 9.17) is 25.8 Å². The molecule has 0 aliphatic heterocycles. The molecule has 0 aromatic heterocycles. The Morgan fingerprint density at radius 2 is 1.65 bits per heavy atom. The van der Waals surface area contributed by atoms with Crippen LogP contribution in [0.15, 0.2) is 75.1 Å². The fourth-order valence-electron chi connectivity index (χ4n) is 3.35. The third-order valence-corrected chi connectivity index (χ3v) is 7.71. The van der Waals surface area contributed by atoms with Crippen LogP contribution in [0.25, 0.3) is 0 Å². The van der Waals surface area contributed by atoms with E-state index in [1.54, 1.807) is 13.0 Å². The monoisotopic (exact) mass is 609 g/mol. The highest BCUT2D eigenvalue weighted by Crippen LogP contribution is 2.37. The van der Waals surface area contributed by atoms with Crippen LogP contribution in [0.5, 0.6) is 17.2 Å². The summed E-state index contributed by atoms with van der Waals surface area (Å²) >= 11 is 9.58. The van der Waals surface area contributed by atoms with Crippen molar-refractivity contribution in [2.45, 2.75) is 11.8 Å². The van der Waals surface area contributed by atoms with Gasteiger partial charge in [0.1, 0.15) is 12.3 Å². The lowest BCUT2D eigenvalue weighted by molar-refractivity contribution is -0.119. The van der Waals surface area contributed by atoms with Gasteiger partial charge in [-0.15, -0.1) is 0 Å². The van der Waals surface area contributed by atoms with Gasteiger partial charge in [0, 0.05) is 15.6 Å². The van der Waals surface area contributed by atoms with E-state index in [0.29, 0.717) is 11.5 Å². The molecule has 0 bridgehead atoms. The Morgan fingerprint density at radius 3 is 2.30 bits per heavy atom. The maximum Gasteiger partial charge on any atom is 0.265 e. The number of hydrogen-bond acceptors (Lipinski definition) is 7. The first-order valence-electron chi connectivity index (χ1n) is 10.8. The second kappa shape index (κ2) is 12.3. The fraction of sp³-hybridized carbons (Fsp3) is 0.200. The number of hydrogen-bond donors (Lipinski definition) is 1. The number of anilines is 1. The molecular weight excluding hydrogens is 586 g/mol. The summed E-state index contributed by atoms with van der Waals surface area (Å²) in [6, 6.07) is 16.0. The Morgan fingerprint density at radius 1 is 0.973 bits per heavy atom. The average Bonchev–Trinajstić information content (AvgIpc) is 2.89. The summed E-state index contributed by atoms with van der Waals surface area (Å²) in [5.74, 6) is 0.0826. The van der Waals surface area contributed by atoms with Crippen molar-refractivity contribution in [3.8, 4) is 17.2 Å². The van der Waals surface area contributed by atoms with Crippen LogP contribution in [0.2, 0.25) is 5.02 Å². The molecule has 3 aromatic rings. The molecule has 37 heavy (non-hydrogen) atoms. The molecule has 0 spiro atoms. The van der Waals surface area contributed by atoms with Gasteiger partial charge in [-0.25, -0.2) is 13.8 Å². The van der Waals surface area contributed by atoms with E-state index in [-0.39, 0.29) is 27.1 Å². The van der Waals surface area contributed by atoms with Gasteiger partial charge in [0.2, 0.25) is 0 Å². The highest BCUT2D eigenvalue weighted by atomic mass is 79.9. The van der Waals surface area contributed by atoms with Gasteiger partial charge >= 0.3 is 0 Å². The van der Waals surface area contributed by atoms with E-state index < -0.39 is 22.5 Å². The van der Waals surface area contributed by atoms with Gasteiger partial charge in [0.15, 0.2) is 11.5 Å². The van der Waals surface area contributed by atoms with E-state index in [9.17, 15) is 13.2 Å². The van der Waals surface area contributed by atoms with Crippen molar-refractivity contribution in [2.24, 2.45) is 5.10 Å². The molecule has 0 unspecified atom stereocenters. The summed E-state index contributed by atoms with van der Waals surface area (Å²) in [4.78, 5) is 12.8. The SMILES string of the molecule is COc1ccc(S(=O)(=O)N(CC(=O)N/N=C(/C)c2cccc(Br)c2)c2cc(Cl)ccc2OC)cc1OC. The number of nitrogens with zero attached hydrogens (tertiary/aromatic N) is 2. The molecular formula is C25H25BrClN3O6S. The minimum Gasteiger partial charge on any atom is -0.495 e. The molecule has 0 heterocycles. The molecule has 0 fully saturated rings. The lowest BCUT2D eigenvalue weighted by Crippen LogP contribution is -2.40. The van der Waals surface area contributed by atoms with Crippen LogP contribution < -0.4 is 23.9 Å². The van der Waals surface area contributed by atoms with Gasteiger partial charge in [-0.05, 0) is 55.0 Å². The largest absolute Gasteiger partial charge is 0.495 e. The molecule has 3 aromatic carbocycles. The Kier molecular flexibility index (Phi) is 9.41. The summed E-state index contributed by atoms with van der Waals surface area (Å²) in [5, 5.41) is 4.38. The Bertz CT molecular complexity index is 1430. The van der Waals surface area contributed by atoms with Gasteiger partial charge in [-0.1, -0.05) is 39.7 Å². The number of rotatable bonds is 10. The van der Waals surface area contributed by atoms with E-state index >= 15 is 0 Å². The van der Waals surface area contributed by atoms with Gasteiger partial charge in [0.05, 0.1) is 37.6 Å². The molecule has 12 heteroatoms. The number of ether oxygens (including phenoxy) is 3. The minimum atomic E-state index is -4.31. The van der Waals surface area contributed by atoms with Crippen LogP contribution in [0.4, 0.5) is 5.69 Å². The van der Waals surface area contributed by atoms with Crippen LogP contribution in [-0.4, -0.2) is 47.9 Å². The maximum atomic E-state index is 13.8. The van der Waals surface area contributed by atoms with Crippen molar-refractivity contribution in [1.29, 1.82) is 0 Å². The number of nitrogens with one attached hydrogen (secondary N) is 1. The summed E-state index contributed by atoms with van der Waals surface area (Å²) < 4.78 is 45.2. The van der Waals surface area contributed by atoms with Crippen LogP contribution in [0.1, 0.15) is 12.5 Å². The topological polar surface area (TPSA) is 107 Å². The molecule has 0 saturated carbocycles. The third-order valence-electron chi connectivity index (χ3n) is 5.23. The Labute approximate surface area is 229 Å². The van der Waals surface area contributed by atoms with Gasteiger partial charge in [-0.3, -0.25) is 9.10 Å².